The molecule has 0 spiro atoms. The van der Waals surface area contributed by atoms with Crippen molar-refractivity contribution in [2.24, 2.45) is 5.41 Å². The van der Waals surface area contributed by atoms with Gasteiger partial charge in [-0.1, -0.05) is 32.9 Å². The highest BCUT2D eigenvalue weighted by Crippen LogP contribution is 2.23. The highest BCUT2D eigenvalue weighted by molar-refractivity contribution is 4.95. The van der Waals surface area contributed by atoms with Crippen LogP contribution < -0.4 is 5.32 Å². The normalized spacial score (nSPS) is 15.5. The monoisotopic (exact) mass is 269 g/mol. The van der Waals surface area contributed by atoms with Crippen LogP contribution in [0, 0.1) is 5.41 Å². The van der Waals surface area contributed by atoms with Crippen molar-refractivity contribution in [3.8, 4) is 0 Å². The van der Waals surface area contributed by atoms with E-state index in [1.807, 2.05) is 14.0 Å². The molecule has 0 amide bonds. The lowest BCUT2D eigenvalue weighted by atomic mass is 9.85. The van der Waals surface area contributed by atoms with E-state index < -0.39 is 0 Å². The second kappa shape index (κ2) is 7.01. The number of rotatable bonds is 7. The summed E-state index contributed by atoms with van der Waals surface area (Å²) in [5.41, 5.74) is 0.146. The Kier molecular flexibility index (Phi) is 5.94. The molecule has 0 aromatic carbocycles. The summed E-state index contributed by atoms with van der Waals surface area (Å²) in [7, 11) is 1.96. The maximum atomic E-state index is 5.59. The molecule has 1 rings (SSSR count). The van der Waals surface area contributed by atoms with Gasteiger partial charge in [-0.25, -0.2) is 0 Å². The molecule has 1 heterocycles. The first-order valence-electron chi connectivity index (χ1n) is 7.03. The van der Waals surface area contributed by atoms with Crippen LogP contribution in [0.2, 0.25) is 0 Å². The molecule has 0 aliphatic heterocycles. The van der Waals surface area contributed by atoms with E-state index in [4.69, 9.17) is 9.26 Å². The lowest BCUT2D eigenvalue weighted by Crippen LogP contribution is -2.39. The van der Waals surface area contributed by atoms with Crippen molar-refractivity contribution < 1.29 is 9.26 Å². The molecule has 110 valence electrons. The van der Waals surface area contributed by atoms with Gasteiger partial charge in [0.15, 0.2) is 0 Å². The largest absolute Gasteiger partial charge is 0.370 e. The van der Waals surface area contributed by atoms with E-state index in [9.17, 15) is 0 Å². The molecular formula is C14H27N3O2. The van der Waals surface area contributed by atoms with Gasteiger partial charge in [-0.2, -0.15) is 4.98 Å². The van der Waals surface area contributed by atoms with Gasteiger partial charge in [-0.15, -0.1) is 0 Å². The quantitative estimate of drug-likeness (QED) is 0.824. The van der Waals surface area contributed by atoms with Gasteiger partial charge in [0.05, 0.1) is 0 Å². The minimum absolute atomic E-state index is 0.0647. The summed E-state index contributed by atoms with van der Waals surface area (Å²) in [6, 6.07) is 0.299. The average molecular weight is 269 g/mol. The van der Waals surface area contributed by atoms with Crippen LogP contribution in [0.3, 0.4) is 0 Å². The third-order valence-electron chi connectivity index (χ3n) is 3.28. The van der Waals surface area contributed by atoms with Gasteiger partial charge in [0.1, 0.15) is 6.10 Å². The Morgan fingerprint density at radius 3 is 2.47 bits per heavy atom. The van der Waals surface area contributed by atoms with Gasteiger partial charge >= 0.3 is 0 Å². The topological polar surface area (TPSA) is 60.2 Å². The molecule has 0 bridgehead atoms. The second-order valence-corrected chi connectivity index (χ2v) is 5.81. The predicted octanol–water partition coefficient (Wildman–Crippen LogP) is 2.73. The van der Waals surface area contributed by atoms with Crippen LogP contribution in [0.1, 0.15) is 58.9 Å². The molecule has 5 heteroatoms. The molecule has 1 aromatic rings. The fourth-order valence-corrected chi connectivity index (χ4v) is 2.07. The molecule has 0 saturated heterocycles. The molecule has 0 saturated carbocycles. The van der Waals surface area contributed by atoms with Gasteiger partial charge in [0.25, 0.3) is 0 Å². The molecule has 0 fully saturated rings. The van der Waals surface area contributed by atoms with Gasteiger partial charge in [-0.05, 0) is 25.8 Å². The zero-order chi connectivity index (χ0) is 14.5. The van der Waals surface area contributed by atoms with Crippen molar-refractivity contribution in [2.45, 2.75) is 59.6 Å². The Labute approximate surface area is 116 Å². The number of likely N-dealkylation sites (N-methyl/N-ethyl adjacent to an activating group) is 1. The molecule has 2 atom stereocenters. The number of nitrogens with one attached hydrogen (secondary N) is 1. The van der Waals surface area contributed by atoms with E-state index in [-0.39, 0.29) is 11.5 Å². The van der Waals surface area contributed by atoms with Gasteiger partial charge < -0.3 is 14.6 Å². The zero-order valence-electron chi connectivity index (χ0n) is 13.0. The highest BCUT2D eigenvalue weighted by Gasteiger charge is 2.26. The van der Waals surface area contributed by atoms with E-state index >= 15 is 0 Å². The molecule has 1 N–H and O–H groups in total. The van der Waals surface area contributed by atoms with Crippen molar-refractivity contribution in [2.75, 3.05) is 13.7 Å². The van der Waals surface area contributed by atoms with Gasteiger partial charge in [0, 0.05) is 19.1 Å². The summed E-state index contributed by atoms with van der Waals surface area (Å²) in [6.45, 7) is 11.3. The zero-order valence-corrected chi connectivity index (χ0v) is 13.0. The highest BCUT2D eigenvalue weighted by atomic mass is 16.5. The molecule has 5 nitrogen and oxygen atoms in total. The molecule has 19 heavy (non-hydrogen) atoms. The van der Waals surface area contributed by atoms with E-state index in [1.54, 1.807) is 0 Å². The van der Waals surface area contributed by atoms with E-state index in [0.717, 1.165) is 12.8 Å². The third-order valence-corrected chi connectivity index (χ3v) is 3.28. The van der Waals surface area contributed by atoms with Crippen molar-refractivity contribution in [3.63, 3.8) is 0 Å². The fourth-order valence-electron chi connectivity index (χ4n) is 2.07. The molecular weight excluding hydrogens is 242 g/mol. The van der Waals surface area contributed by atoms with Gasteiger partial charge in [0.2, 0.25) is 11.7 Å². The maximum Gasteiger partial charge on any atom is 0.228 e. The lowest BCUT2D eigenvalue weighted by Gasteiger charge is -2.29. The molecule has 0 radical (unpaired) electrons. The van der Waals surface area contributed by atoms with Crippen LogP contribution in [-0.4, -0.2) is 29.8 Å². The van der Waals surface area contributed by atoms with Crippen LogP contribution >= 0.6 is 0 Å². The first kappa shape index (κ1) is 16.1. The standard InChI is InChI=1S/C14H27N3O2/c1-7-10(18-8-2)13-16-12(19-17-13)9-11(15-6)14(3,4)5/h10-11,15H,7-9H2,1-6H3. The first-order valence-corrected chi connectivity index (χ1v) is 7.03. The van der Waals surface area contributed by atoms with E-state index in [0.29, 0.717) is 24.4 Å². The second-order valence-electron chi connectivity index (χ2n) is 5.81. The average Bonchev–Trinajstić information content (AvgIpc) is 2.80. The smallest absolute Gasteiger partial charge is 0.228 e. The Balaban J connectivity index is 2.73. The lowest BCUT2D eigenvalue weighted by molar-refractivity contribution is 0.0518. The summed E-state index contributed by atoms with van der Waals surface area (Å²) in [5.74, 6) is 1.32. The molecule has 2 unspecified atom stereocenters. The van der Waals surface area contributed by atoms with Gasteiger partial charge in [-0.3, -0.25) is 0 Å². The van der Waals surface area contributed by atoms with Crippen molar-refractivity contribution in [1.29, 1.82) is 0 Å². The van der Waals surface area contributed by atoms with E-state index in [2.05, 4.69) is 43.2 Å². The first-order chi connectivity index (χ1) is 8.92. The minimum Gasteiger partial charge on any atom is -0.370 e. The summed E-state index contributed by atoms with van der Waals surface area (Å²) >= 11 is 0. The summed E-state index contributed by atoms with van der Waals surface area (Å²) in [4.78, 5) is 4.46. The van der Waals surface area contributed by atoms with Crippen molar-refractivity contribution in [1.82, 2.24) is 15.5 Å². The Morgan fingerprint density at radius 2 is 2.00 bits per heavy atom. The Hall–Kier alpha value is -0.940. The van der Waals surface area contributed by atoms with Crippen LogP contribution in [0.5, 0.6) is 0 Å². The SMILES string of the molecule is CCOC(CC)c1noc(CC(NC)C(C)(C)C)n1. The molecule has 0 aliphatic carbocycles. The Morgan fingerprint density at radius 1 is 1.32 bits per heavy atom. The minimum atomic E-state index is -0.0647. The third kappa shape index (κ3) is 4.58. The summed E-state index contributed by atoms with van der Waals surface area (Å²) in [6.07, 6.45) is 1.52. The predicted molar refractivity (Wildman–Crippen MR) is 75.0 cm³/mol. The number of ether oxygens (including phenoxy) is 1. The number of nitrogens with zero attached hydrogens (tertiary/aromatic N) is 2. The fraction of sp³-hybridized carbons (Fsp3) is 0.857. The van der Waals surface area contributed by atoms with Crippen molar-refractivity contribution in [3.05, 3.63) is 11.7 Å². The molecule has 0 aliphatic rings. The summed E-state index contributed by atoms with van der Waals surface area (Å²) in [5, 5.41) is 7.35. The number of hydrogen-bond acceptors (Lipinski definition) is 5. The number of aromatic nitrogens is 2. The number of hydrogen-bond donors (Lipinski definition) is 1. The van der Waals surface area contributed by atoms with Crippen LogP contribution in [0.4, 0.5) is 0 Å². The summed E-state index contributed by atoms with van der Waals surface area (Å²) < 4.78 is 10.9. The Bertz CT molecular complexity index is 371. The molecule has 1 aromatic heterocycles. The maximum absolute atomic E-state index is 5.59. The van der Waals surface area contributed by atoms with E-state index in [1.165, 1.54) is 0 Å². The van der Waals surface area contributed by atoms with Crippen LogP contribution in [-0.2, 0) is 11.2 Å². The van der Waals surface area contributed by atoms with Crippen molar-refractivity contribution >= 4 is 0 Å². The van der Waals surface area contributed by atoms with Crippen LogP contribution in [0.25, 0.3) is 0 Å². The van der Waals surface area contributed by atoms with Crippen LogP contribution in [0.15, 0.2) is 4.52 Å².